The van der Waals surface area contributed by atoms with Crippen molar-refractivity contribution in [3.8, 4) is 5.75 Å². The van der Waals surface area contributed by atoms with E-state index in [0.29, 0.717) is 65.5 Å². The number of amides is 3. The minimum atomic E-state index is -0.477. The third kappa shape index (κ3) is 22.1. The third-order valence-corrected chi connectivity index (χ3v) is 11.3. The van der Waals surface area contributed by atoms with Gasteiger partial charge in [-0.05, 0) is 97.7 Å². The van der Waals surface area contributed by atoms with Gasteiger partial charge in [-0.3, -0.25) is 14.4 Å². The monoisotopic (exact) mass is 941 g/mol. The first-order valence-corrected chi connectivity index (χ1v) is 24.1. The fourth-order valence-corrected chi connectivity index (χ4v) is 7.14. The van der Waals surface area contributed by atoms with E-state index in [9.17, 15) is 19.5 Å². The van der Waals surface area contributed by atoms with Crippen molar-refractivity contribution in [2.24, 2.45) is 0 Å². The van der Waals surface area contributed by atoms with Crippen LogP contribution in [0.15, 0.2) is 108 Å². The van der Waals surface area contributed by atoms with Gasteiger partial charge in [0.15, 0.2) is 0 Å². The summed E-state index contributed by atoms with van der Waals surface area (Å²) in [4.78, 5) is 38.7. The Balaban J connectivity index is 0.000000553. The lowest BCUT2D eigenvalue weighted by atomic mass is 9.86. The second-order valence-electron chi connectivity index (χ2n) is 16.5. The first-order chi connectivity index (χ1) is 32.5. The van der Waals surface area contributed by atoms with Gasteiger partial charge in [-0.25, -0.2) is 0 Å². The van der Waals surface area contributed by atoms with E-state index in [1.807, 2.05) is 45.2 Å². The number of thiol groups is 1. The first-order valence-electron chi connectivity index (χ1n) is 23.7. The van der Waals surface area contributed by atoms with Crippen LogP contribution in [-0.2, 0) is 35.1 Å². The second kappa shape index (κ2) is 33.5. The molecule has 3 N–H and O–H groups in total. The van der Waals surface area contributed by atoms with Crippen molar-refractivity contribution < 1.29 is 38.4 Å². The highest BCUT2D eigenvalue weighted by molar-refractivity contribution is 7.90. The number of benzene rings is 3. The van der Waals surface area contributed by atoms with Crippen LogP contribution in [0.1, 0.15) is 89.0 Å². The Hall–Kier alpha value is -5.02. The molecule has 67 heavy (non-hydrogen) atoms. The molecular weight excluding hydrogens is 865 g/mol. The molecule has 0 spiro atoms. The van der Waals surface area contributed by atoms with E-state index in [2.05, 4.69) is 122 Å². The summed E-state index contributed by atoms with van der Waals surface area (Å²) >= 11 is 4.43. The van der Waals surface area contributed by atoms with E-state index in [1.165, 1.54) is 39.8 Å². The van der Waals surface area contributed by atoms with Gasteiger partial charge >= 0.3 is 0 Å². The Kier molecular flexibility index (Phi) is 28.1. The number of allylic oxidation sites excluding steroid dienone is 7. The molecule has 1 atom stereocenters. The summed E-state index contributed by atoms with van der Waals surface area (Å²) in [7, 11) is 2.05. The minimum Gasteiger partial charge on any atom is -0.492 e. The zero-order chi connectivity index (χ0) is 48.7. The zero-order valence-corrected chi connectivity index (χ0v) is 41.7. The fourth-order valence-electron chi connectivity index (χ4n) is 6.99. The third-order valence-electron chi connectivity index (χ3n) is 10.6. The van der Waals surface area contributed by atoms with Crippen molar-refractivity contribution in [2.75, 3.05) is 86.0 Å². The topological polar surface area (TPSA) is 139 Å². The highest BCUT2D eigenvalue weighted by atomic mass is 32.1. The van der Waals surface area contributed by atoms with Gasteiger partial charge in [0.05, 0.1) is 45.7 Å². The summed E-state index contributed by atoms with van der Waals surface area (Å²) in [5, 5.41) is 14.7. The average Bonchev–Trinajstić information content (AvgIpc) is 3.79. The molecule has 3 amide bonds. The van der Waals surface area contributed by atoms with Crippen molar-refractivity contribution in [2.45, 2.75) is 79.4 Å². The number of aliphatic hydroxyl groups is 1. The van der Waals surface area contributed by atoms with E-state index in [1.54, 1.807) is 4.90 Å². The van der Waals surface area contributed by atoms with Gasteiger partial charge in [0.25, 0.3) is 0 Å². The van der Waals surface area contributed by atoms with Crippen LogP contribution in [0.2, 0.25) is 0 Å². The molecule has 0 saturated carbocycles. The van der Waals surface area contributed by atoms with Crippen molar-refractivity contribution in [1.82, 2.24) is 20.4 Å². The molecule has 1 aliphatic carbocycles. The summed E-state index contributed by atoms with van der Waals surface area (Å²) in [5.74, 6) is 0.294. The van der Waals surface area contributed by atoms with Gasteiger partial charge in [-0.1, -0.05) is 118 Å². The Morgan fingerprint density at radius 3 is 2.07 bits per heavy atom. The maximum absolute atomic E-state index is 12.0. The number of ether oxygens (including phenoxy) is 4. The number of β-amino-alcohol motifs (C(OH)–C–C–N with tert-alkyl or cyclic N) is 1. The fraction of sp³-hybridized carbons (Fsp3) is 0.463. The Morgan fingerprint density at radius 2 is 1.48 bits per heavy atom. The second-order valence-corrected chi connectivity index (χ2v) is 16.9. The Labute approximate surface area is 405 Å². The molecule has 12 nitrogen and oxygen atoms in total. The molecule has 3 aromatic rings. The number of carbonyl (C=O) groups excluding carboxylic acids is 3. The minimum absolute atomic E-state index is 0.0929. The molecule has 0 radical (unpaired) electrons. The van der Waals surface area contributed by atoms with Crippen molar-refractivity contribution in [1.29, 1.82) is 0 Å². The maximum atomic E-state index is 12.0. The standard InChI is InChI=1S/C39H53N3O7.C12H15NOS.C3H8/c1-3-36(31-10-6-4-7-11-31)39(32-12-8-5-9-13-32)33-14-16-35(17-15-33)49-23-21-41(2)20-22-46-24-25-47-26-27-48-30-37(44)40-28-38(45)42-19-18-34(43)29-42;1-9(2)12(15)11-5-3-10(4-6-11)7-13-8-14;1-3-2/h4,6-8,10-17,34,43H,3,5,9,18-30H2,1-2H3,(H,40,44);3-6,8,15H,7H2,1-2H3,(H,13,14);3H2,1-2H3/b39-36-;;. The van der Waals surface area contributed by atoms with Gasteiger partial charge in [-0.2, -0.15) is 0 Å². The lowest BCUT2D eigenvalue weighted by molar-refractivity contribution is -0.133. The number of nitrogens with zero attached hydrogens (tertiary/aromatic N) is 2. The van der Waals surface area contributed by atoms with E-state index >= 15 is 0 Å². The number of likely N-dealkylation sites (tertiary alicyclic amines) is 1. The Morgan fingerprint density at radius 1 is 0.836 bits per heavy atom. The lowest BCUT2D eigenvalue weighted by Crippen LogP contribution is -2.40. The highest BCUT2D eigenvalue weighted by Gasteiger charge is 2.24. The normalized spacial score (nSPS) is 14.4. The van der Waals surface area contributed by atoms with E-state index in [-0.39, 0.29) is 31.6 Å². The average molecular weight is 941 g/mol. The van der Waals surface area contributed by atoms with Crippen LogP contribution in [0.5, 0.6) is 5.75 Å². The van der Waals surface area contributed by atoms with Crippen LogP contribution >= 0.6 is 12.6 Å². The molecule has 1 aliphatic heterocycles. The number of hydrogen-bond donors (Lipinski definition) is 4. The quantitative estimate of drug-likeness (QED) is 0.0286. The molecule has 1 heterocycles. The molecule has 2 aliphatic rings. The number of rotatable bonds is 25. The maximum Gasteiger partial charge on any atom is 0.246 e. The van der Waals surface area contributed by atoms with Crippen molar-refractivity contribution >= 4 is 46.9 Å². The summed E-state index contributed by atoms with van der Waals surface area (Å²) < 4.78 is 22.6. The molecule has 0 bridgehead atoms. The highest BCUT2D eigenvalue weighted by Crippen LogP contribution is 2.37. The van der Waals surface area contributed by atoms with Crippen LogP contribution in [0, 0.1) is 0 Å². The van der Waals surface area contributed by atoms with E-state index in [4.69, 9.17) is 18.9 Å². The molecular formula is C54H76N4O8S. The molecule has 5 rings (SSSR count). The van der Waals surface area contributed by atoms with Crippen molar-refractivity contribution in [3.63, 3.8) is 0 Å². The van der Waals surface area contributed by atoms with Crippen LogP contribution in [-0.4, -0.2) is 125 Å². The summed E-state index contributed by atoms with van der Waals surface area (Å²) in [6, 6.07) is 27.1. The van der Waals surface area contributed by atoms with Gasteiger partial charge in [0.2, 0.25) is 18.2 Å². The van der Waals surface area contributed by atoms with Gasteiger partial charge < -0.3 is 44.5 Å². The molecule has 13 heteroatoms. The lowest BCUT2D eigenvalue weighted by Gasteiger charge is -2.19. The summed E-state index contributed by atoms with van der Waals surface area (Å²) in [6.07, 6.45) is 12.0. The molecule has 366 valence electrons. The molecule has 1 saturated heterocycles. The van der Waals surface area contributed by atoms with Crippen LogP contribution in [0.4, 0.5) is 0 Å². The van der Waals surface area contributed by atoms with E-state index in [0.717, 1.165) is 54.1 Å². The first kappa shape index (κ1) is 56.3. The number of hydrogen-bond acceptors (Lipinski definition) is 10. The zero-order valence-electron chi connectivity index (χ0n) is 40.8. The predicted molar refractivity (Wildman–Crippen MR) is 275 cm³/mol. The van der Waals surface area contributed by atoms with E-state index < -0.39 is 6.10 Å². The van der Waals surface area contributed by atoms with Crippen LogP contribution in [0.3, 0.4) is 0 Å². The van der Waals surface area contributed by atoms with Crippen LogP contribution < -0.4 is 15.4 Å². The molecule has 1 fully saturated rings. The smallest absolute Gasteiger partial charge is 0.246 e. The van der Waals surface area contributed by atoms with Gasteiger partial charge in [0, 0.05) is 37.6 Å². The SMILES string of the molecule is CC(C)=C(S)c1ccc(CNC=O)cc1.CC/C(=C(\C1=CCCC=C1)c1ccc(OCCN(C)CCOCCOCCOCC(=O)NCC(=O)N2CCC(O)C2)cc1)c1ccccc1.CCC. The number of nitrogens with one attached hydrogen (secondary N) is 2. The van der Waals surface area contributed by atoms with Crippen molar-refractivity contribution in [3.05, 3.63) is 130 Å². The predicted octanol–water partition coefficient (Wildman–Crippen LogP) is 8.38. The molecule has 3 aromatic carbocycles. The number of likely N-dealkylation sites (N-methyl/N-ethyl adjacent to an activating group) is 1. The van der Waals surface area contributed by atoms with Crippen LogP contribution in [0.25, 0.3) is 16.1 Å². The molecule has 0 aromatic heterocycles. The number of carbonyl (C=O) groups is 3. The van der Waals surface area contributed by atoms with Gasteiger partial charge in [-0.15, -0.1) is 12.6 Å². The summed E-state index contributed by atoms with van der Waals surface area (Å²) in [5.41, 5.74) is 9.77. The summed E-state index contributed by atoms with van der Waals surface area (Å²) in [6.45, 7) is 16.0. The van der Waals surface area contributed by atoms with Gasteiger partial charge in [0.1, 0.15) is 19.0 Å². The Bertz CT molecular complexity index is 2010. The largest absolute Gasteiger partial charge is 0.492 e. The molecule has 1 unspecified atom stereocenters. The number of aliphatic hydroxyl groups excluding tert-OH is 1.